The zero-order valence-corrected chi connectivity index (χ0v) is 22.6. The molecule has 10 heteroatoms. The maximum atomic E-state index is 13.5. The van der Waals surface area contributed by atoms with Crippen molar-refractivity contribution in [2.45, 2.75) is 57.3 Å². The number of amides is 1. The molecule has 0 spiro atoms. The van der Waals surface area contributed by atoms with Crippen LogP contribution in [0.1, 0.15) is 45.2 Å². The van der Waals surface area contributed by atoms with Gasteiger partial charge in [-0.25, -0.2) is 13.8 Å². The predicted octanol–water partition coefficient (Wildman–Crippen LogP) is 7.50. The maximum absolute atomic E-state index is 13.5. The molecule has 0 saturated carbocycles. The molecule has 0 radical (unpaired) electrons. The van der Waals surface area contributed by atoms with E-state index < -0.39 is 36.0 Å². The Hall–Kier alpha value is -2.45. The molecule has 1 amide bonds. The first kappa shape index (κ1) is 27.6. The highest BCUT2D eigenvalue weighted by molar-refractivity contribution is 6.36. The van der Waals surface area contributed by atoms with Crippen molar-refractivity contribution in [1.29, 1.82) is 0 Å². The standard InChI is InChI=1S/C27H25Cl3F2N2O3/c1-26(2)13-21(33-23(36)12-22(35)27(3,31)32)19-11-18(14-4-6-15(28)7-5-14)24(34-25(19)37-26)17-9-8-16(29)10-20(17)30/h4-11,21-22,35H,12-13H2,1-3H3,(H,33,36). The van der Waals surface area contributed by atoms with Gasteiger partial charge >= 0.3 is 0 Å². The zero-order valence-electron chi connectivity index (χ0n) is 20.3. The van der Waals surface area contributed by atoms with Gasteiger partial charge in [-0.1, -0.05) is 46.9 Å². The predicted molar refractivity (Wildman–Crippen MR) is 142 cm³/mol. The molecule has 0 aliphatic carbocycles. The first-order valence-corrected chi connectivity index (χ1v) is 12.7. The van der Waals surface area contributed by atoms with Crippen molar-refractivity contribution in [3.63, 3.8) is 0 Å². The van der Waals surface area contributed by atoms with Gasteiger partial charge in [-0.15, -0.1) is 0 Å². The van der Waals surface area contributed by atoms with Gasteiger partial charge in [0.15, 0.2) is 0 Å². The van der Waals surface area contributed by atoms with Crippen molar-refractivity contribution >= 4 is 40.7 Å². The summed E-state index contributed by atoms with van der Waals surface area (Å²) >= 11 is 18.8. The third kappa shape index (κ3) is 6.34. The monoisotopic (exact) mass is 568 g/mol. The summed E-state index contributed by atoms with van der Waals surface area (Å²) in [6.07, 6.45) is -2.49. The third-order valence-electron chi connectivity index (χ3n) is 6.10. The lowest BCUT2D eigenvalue weighted by molar-refractivity contribution is -0.134. The van der Waals surface area contributed by atoms with E-state index >= 15 is 0 Å². The number of hydrogen-bond donors (Lipinski definition) is 2. The summed E-state index contributed by atoms with van der Waals surface area (Å²) in [7, 11) is 0. The van der Waals surface area contributed by atoms with E-state index in [2.05, 4.69) is 5.32 Å². The van der Waals surface area contributed by atoms with Gasteiger partial charge in [0, 0.05) is 40.1 Å². The topological polar surface area (TPSA) is 71.5 Å². The van der Waals surface area contributed by atoms with Crippen LogP contribution in [0.5, 0.6) is 5.88 Å². The SMILES string of the molecule is CC1(C)CC(NC(=O)CC(O)C(C)(F)F)c2cc(-c3ccc(Cl)cc3)c(-c3ccc(Cl)cc3Cl)nc2O1. The Kier molecular flexibility index (Phi) is 7.73. The molecule has 0 bridgehead atoms. The molecule has 5 nitrogen and oxygen atoms in total. The highest BCUT2D eigenvalue weighted by Gasteiger charge is 2.39. The average molecular weight is 570 g/mol. The van der Waals surface area contributed by atoms with Crippen LogP contribution in [0.3, 0.4) is 0 Å². The molecule has 3 aromatic rings. The molecule has 2 atom stereocenters. The first-order chi connectivity index (χ1) is 17.2. The van der Waals surface area contributed by atoms with Gasteiger partial charge in [-0.05, 0) is 55.8 Å². The number of carbonyl (C=O) groups is 1. The second-order valence-corrected chi connectivity index (χ2v) is 11.1. The molecule has 2 unspecified atom stereocenters. The second kappa shape index (κ2) is 10.4. The van der Waals surface area contributed by atoms with Crippen molar-refractivity contribution in [3.05, 3.63) is 69.2 Å². The Morgan fingerprint density at radius 2 is 1.78 bits per heavy atom. The Labute approximate surface area is 228 Å². The molecule has 0 saturated heterocycles. The number of benzene rings is 2. The summed E-state index contributed by atoms with van der Waals surface area (Å²) in [5.41, 5.74) is 2.49. The van der Waals surface area contributed by atoms with Gasteiger partial charge in [0.05, 0.1) is 23.2 Å². The van der Waals surface area contributed by atoms with Crippen LogP contribution in [0.4, 0.5) is 8.78 Å². The van der Waals surface area contributed by atoms with Gasteiger partial charge in [0.25, 0.3) is 5.92 Å². The van der Waals surface area contributed by atoms with E-state index in [1.54, 1.807) is 30.3 Å². The van der Waals surface area contributed by atoms with Crippen LogP contribution in [-0.4, -0.2) is 33.6 Å². The number of hydrogen-bond acceptors (Lipinski definition) is 4. The quantitative estimate of drug-likeness (QED) is 0.322. The van der Waals surface area contributed by atoms with E-state index in [0.29, 0.717) is 50.8 Å². The van der Waals surface area contributed by atoms with Gasteiger partial charge < -0.3 is 15.2 Å². The number of nitrogens with zero attached hydrogens (tertiary/aromatic N) is 1. The molecular formula is C27H25Cl3F2N2O3. The molecule has 2 N–H and O–H groups in total. The smallest absolute Gasteiger partial charge is 0.271 e. The number of halogens is 5. The van der Waals surface area contributed by atoms with E-state index in [1.807, 2.05) is 32.0 Å². The number of ether oxygens (including phenoxy) is 1. The summed E-state index contributed by atoms with van der Waals surface area (Å²) in [5.74, 6) is -3.83. The van der Waals surface area contributed by atoms with Crippen LogP contribution >= 0.6 is 34.8 Å². The molecule has 4 rings (SSSR count). The Bertz CT molecular complexity index is 1330. The lowest BCUT2D eigenvalue weighted by atomic mass is 9.88. The lowest BCUT2D eigenvalue weighted by Crippen LogP contribution is -2.43. The number of carbonyl (C=O) groups excluding carboxylic acids is 1. The molecule has 1 aromatic heterocycles. The van der Waals surface area contributed by atoms with Crippen LogP contribution in [0, 0.1) is 0 Å². The molecule has 0 fully saturated rings. The summed E-state index contributed by atoms with van der Waals surface area (Å²) in [6.45, 7) is 4.26. The van der Waals surface area contributed by atoms with Crippen molar-refractivity contribution < 1.29 is 23.4 Å². The van der Waals surface area contributed by atoms with E-state index in [0.717, 1.165) is 5.56 Å². The molecule has 37 heavy (non-hydrogen) atoms. The number of aliphatic hydroxyl groups excluding tert-OH is 1. The fourth-order valence-electron chi connectivity index (χ4n) is 4.22. The van der Waals surface area contributed by atoms with Crippen molar-refractivity contribution in [3.8, 4) is 28.3 Å². The van der Waals surface area contributed by atoms with Crippen molar-refractivity contribution in [1.82, 2.24) is 10.3 Å². The number of nitrogens with one attached hydrogen (secondary N) is 1. The minimum Gasteiger partial charge on any atom is -0.471 e. The molecule has 2 heterocycles. The molecular weight excluding hydrogens is 545 g/mol. The minimum absolute atomic E-state index is 0.279. The fraction of sp³-hybridized carbons (Fsp3) is 0.333. The van der Waals surface area contributed by atoms with Crippen LogP contribution in [-0.2, 0) is 4.79 Å². The average Bonchev–Trinajstić information content (AvgIpc) is 2.77. The van der Waals surface area contributed by atoms with Gasteiger partial charge in [0.2, 0.25) is 11.8 Å². The van der Waals surface area contributed by atoms with Gasteiger partial charge in [-0.2, -0.15) is 0 Å². The van der Waals surface area contributed by atoms with E-state index in [1.165, 1.54) is 0 Å². The number of rotatable bonds is 6. The number of alkyl halides is 2. The fourth-order valence-corrected chi connectivity index (χ4v) is 4.85. The summed E-state index contributed by atoms with van der Waals surface area (Å²) in [4.78, 5) is 17.5. The van der Waals surface area contributed by atoms with E-state index in [-0.39, 0.29) is 5.88 Å². The van der Waals surface area contributed by atoms with Crippen molar-refractivity contribution in [2.75, 3.05) is 0 Å². The van der Waals surface area contributed by atoms with E-state index in [9.17, 15) is 18.7 Å². The largest absolute Gasteiger partial charge is 0.471 e. The molecule has 1 aliphatic rings. The Morgan fingerprint density at radius 1 is 1.14 bits per heavy atom. The second-order valence-electron chi connectivity index (χ2n) is 9.77. The third-order valence-corrected chi connectivity index (χ3v) is 6.90. The summed E-state index contributed by atoms with van der Waals surface area (Å²) in [5, 5.41) is 13.9. The number of aromatic nitrogens is 1. The van der Waals surface area contributed by atoms with E-state index in [4.69, 9.17) is 44.5 Å². The summed E-state index contributed by atoms with van der Waals surface area (Å²) in [6, 6.07) is 13.5. The first-order valence-electron chi connectivity index (χ1n) is 11.5. The lowest BCUT2D eigenvalue weighted by Gasteiger charge is -2.38. The normalized spacial score (nSPS) is 17.5. The molecule has 196 valence electrons. The maximum Gasteiger partial charge on any atom is 0.271 e. The van der Waals surface area contributed by atoms with Crippen LogP contribution in [0.15, 0.2) is 48.5 Å². The molecule has 1 aliphatic heterocycles. The summed E-state index contributed by atoms with van der Waals surface area (Å²) < 4.78 is 33.1. The number of aliphatic hydroxyl groups is 1. The van der Waals surface area contributed by atoms with Crippen molar-refractivity contribution in [2.24, 2.45) is 0 Å². The Balaban J connectivity index is 1.83. The number of pyridine rings is 1. The Morgan fingerprint density at radius 3 is 2.41 bits per heavy atom. The van der Waals surface area contributed by atoms with Crippen LogP contribution in [0.25, 0.3) is 22.4 Å². The number of fused-ring (bicyclic) bond motifs is 1. The van der Waals surface area contributed by atoms with Crippen LogP contribution in [0.2, 0.25) is 15.1 Å². The molecule has 2 aromatic carbocycles. The van der Waals surface area contributed by atoms with Gasteiger partial charge in [0.1, 0.15) is 11.7 Å². The van der Waals surface area contributed by atoms with Crippen LogP contribution < -0.4 is 10.1 Å². The highest BCUT2D eigenvalue weighted by atomic mass is 35.5. The zero-order chi connectivity index (χ0) is 27.1. The van der Waals surface area contributed by atoms with Gasteiger partial charge in [-0.3, -0.25) is 4.79 Å². The highest BCUT2D eigenvalue weighted by Crippen LogP contribution is 2.45. The minimum atomic E-state index is -3.40.